The van der Waals surface area contributed by atoms with Gasteiger partial charge in [0.1, 0.15) is 0 Å². The van der Waals surface area contributed by atoms with E-state index in [9.17, 15) is 4.79 Å². The molecule has 1 saturated heterocycles. The van der Waals surface area contributed by atoms with Crippen molar-refractivity contribution in [2.24, 2.45) is 22.7 Å². The first-order chi connectivity index (χ1) is 9.25. The van der Waals surface area contributed by atoms with E-state index in [-0.39, 0.29) is 11.6 Å². The van der Waals surface area contributed by atoms with Gasteiger partial charge in [-0.1, -0.05) is 34.6 Å². The summed E-state index contributed by atoms with van der Waals surface area (Å²) in [4.78, 5) is 14.8. The second kappa shape index (κ2) is 4.46. The molecular weight excluding hydrogens is 248 g/mol. The number of fused-ring (bicyclic) bond motifs is 2. The van der Waals surface area contributed by atoms with Gasteiger partial charge in [-0.2, -0.15) is 0 Å². The van der Waals surface area contributed by atoms with Crippen LogP contribution in [-0.4, -0.2) is 29.6 Å². The molecule has 0 aromatic heterocycles. The van der Waals surface area contributed by atoms with Crippen LogP contribution in [0.1, 0.15) is 60.3 Å². The van der Waals surface area contributed by atoms with Crippen LogP contribution in [0.3, 0.4) is 0 Å². The van der Waals surface area contributed by atoms with Gasteiger partial charge >= 0.3 is 0 Å². The molecule has 3 aliphatic rings. The zero-order valence-electron chi connectivity index (χ0n) is 13.7. The Kier molecular flexibility index (Phi) is 3.20. The average Bonchev–Trinajstić information content (AvgIpc) is 2.91. The Hall–Kier alpha value is -0.570. The molecule has 1 N–H and O–H groups in total. The van der Waals surface area contributed by atoms with E-state index in [4.69, 9.17) is 0 Å². The number of rotatable bonds is 3. The van der Waals surface area contributed by atoms with Crippen molar-refractivity contribution in [3.8, 4) is 0 Å². The van der Waals surface area contributed by atoms with Gasteiger partial charge in [0.05, 0.1) is 12.7 Å². The highest BCUT2D eigenvalue weighted by molar-refractivity contribution is 5.81. The Morgan fingerprint density at radius 1 is 1.35 bits per heavy atom. The van der Waals surface area contributed by atoms with Crippen LogP contribution in [0.2, 0.25) is 0 Å². The molecule has 0 radical (unpaired) electrons. The van der Waals surface area contributed by atoms with E-state index in [2.05, 4.69) is 44.8 Å². The number of nitrogens with zero attached hydrogens (tertiary/aromatic N) is 1. The molecule has 3 nitrogen and oxygen atoms in total. The van der Waals surface area contributed by atoms with Gasteiger partial charge in [-0.3, -0.25) is 10.1 Å². The second-order valence-corrected chi connectivity index (χ2v) is 8.64. The van der Waals surface area contributed by atoms with Crippen LogP contribution in [0.25, 0.3) is 0 Å². The fraction of sp³-hybridized carbons (Fsp3) is 0.941. The third-order valence-corrected chi connectivity index (χ3v) is 6.28. The van der Waals surface area contributed by atoms with Gasteiger partial charge in [-0.15, -0.1) is 0 Å². The molecule has 2 bridgehead atoms. The molecule has 3 fully saturated rings. The normalized spacial score (nSPS) is 43.0. The lowest BCUT2D eigenvalue weighted by Crippen LogP contribution is -2.57. The number of hydrogen-bond acceptors (Lipinski definition) is 2. The molecule has 0 aromatic carbocycles. The first-order valence-corrected chi connectivity index (χ1v) is 8.30. The van der Waals surface area contributed by atoms with Crippen LogP contribution in [0.5, 0.6) is 0 Å². The molecule has 3 heteroatoms. The summed E-state index contributed by atoms with van der Waals surface area (Å²) in [6.45, 7) is 12.2. The molecule has 4 unspecified atom stereocenters. The van der Waals surface area contributed by atoms with Gasteiger partial charge < -0.3 is 4.90 Å². The molecule has 114 valence electrons. The fourth-order valence-corrected chi connectivity index (χ4v) is 5.51. The molecule has 20 heavy (non-hydrogen) atoms. The van der Waals surface area contributed by atoms with E-state index in [1.807, 2.05) is 0 Å². The molecule has 3 rings (SSSR count). The molecule has 0 spiro atoms. The van der Waals surface area contributed by atoms with Crippen molar-refractivity contribution >= 4 is 5.91 Å². The van der Waals surface area contributed by atoms with Crippen LogP contribution in [0.15, 0.2) is 0 Å². The topological polar surface area (TPSA) is 32.3 Å². The highest BCUT2D eigenvalue weighted by Gasteiger charge is 2.63. The van der Waals surface area contributed by atoms with Gasteiger partial charge in [-0.25, -0.2) is 0 Å². The summed E-state index contributed by atoms with van der Waals surface area (Å²) in [7, 11) is 0. The van der Waals surface area contributed by atoms with Crippen LogP contribution in [0.4, 0.5) is 0 Å². The summed E-state index contributed by atoms with van der Waals surface area (Å²) in [6.07, 6.45) is 5.28. The Morgan fingerprint density at radius 2 is 2.05 bits per heavy atom. The summed E-state index contributed by atoms with van der Waals surface area (Å²) in [5.41, 5.74) is 0.606. The molecule has 2 aliphatic carbocycles. The van der Waals surface area contributed by atoms with Crippen LogP contribution < -0.4 is 5.32 Å². The fourth-order valence-electron chi connectivity index (χ4n) is 5.51. The van der Waals surface area contributed by atoms with Crippen molar-refractivity contribution in [3.05, 3.63) is 0 Å². The largest absolute Gasteiger partial charge is 0.322 e. The summed E-state index contributed by atoms with van der Waals surface area (Å²) in [6, 6.07) is 0.417. The van der Waals surface area contributed by atoms with Crippen LogP contribution >= 0.6 is 0 Å². The average molecular weight is 278 g/mol. The molecule has 1 aliphatic heterocycles. The molecule has 2 saturated carbocycles. The monoisotopic (exact) mass is 278 g/mol. The number of carbonyl (C=O) groups excluding carboxylic acids is 1. The standard InChI is InChI=1S/C17H30N2O/c1-11(2)8-13-18-10-14(20)19(13)15-16(3,4)12-6-7-17(15,5)9-12/h11-13,15,18H,6-10H2,1-5H3. The van der Waals surface area contributed by atoms with Crippen molar-refractivity contribution in [3.63, 3.8) is 0 Å². The van der Waals surface area contributed by atoms with E-state index < -0.39 is 0 Å². The third kappa shape index (κ3) is 1.93. The van der Waals surface area contributed by atoms with E-state index >= 15 is 0 Å². The zero-order chi connectivity index (χ0) is 14.7. The first-order valence-electron chi connectivity index (χ1n) is 8.30. The Labute approximate surface area is 123 Å². The minimum absolute atomic E-state index is 0.253. The first kappa shape index (κ1) is 14.4. The molecule has 1 amide bonds. The van der Waals surface area contributed by atoms with Gasteiger partial charge in [0.15, 0.2) is 0 Å². The minimum atomic E-state index is 0.253. The van der Waals surface area contributed by atoms with Crippen molar-refractivity contribution in [1.29, 1.82) is 0 Å². The molecule has 4 atom stereocenters. The maximum atomic E-state index is 12.5. The maximum absolute atomic E-state index is 12.5. The minimum Gasteiger partial charge on any atom is -0.322 e. The summed E-state index contributed by atoms with van der Waals surface area (Å²) >= 11 is 0. The van der Waals surface area contributed by atoms with Gasteiger partial charge in [0.2, 0.25) is 5.91 Å². The van der Waals surface area contributed by atoms with Crippen LogP contribution in [0, 0.1) is 22.7 Å². The van der Waals surface area contributed by atoms with Crippen molar-refractivity contribution in [2.75, 3.05) is 6.54 Å². The van der Waals surface area contributed by atoms with Gasteiger partial charge in [0.25, 0.3) is 0 Å². The van der Waals surface area contributed by atoms with Crippen molar-refractivity contribution in [1.82, 2.24) is 10.2 Å². The van der Waals surface area contributed by atoms with E-state index in [1.54, 1.807) is 0 Å². The predicted octanol–water partition coefficient (Wildman–Crippen LogP) is 3.01. The smallest absolute Gasteiger partial charge is 0.238 e. The quantitative estimate of drug-likeness (QED) is 0.860. The molecular formula is C17H30N2O. The Bertz CT molecular complexity index is 412. The number of amides is 1. The number of nitrogens with one attached hydrogen (secondary N) is 1. The van der Waals surface area contributed by atoms with Crippen molar-refractivity contribution in [2.45, 2.75) is 72.5 Å². The lowest BCUT2D eigenvalue weighted by molar-refractivity contribution is -0.137. The Morgan fingerprint density at radius 3 is 2.60 bits per heavy atom. The van der Waals surface area contributed by atoms with Crippen molar-refractivity contribution < 1.29 is 4.79 Å². The van der Waals surface area contributed by atoms with Gasteiger partial charge in [0, 0.05) is 6.04 Å². The molecule has 1 heterocycles. The highest BCUT2D eigenvalue weighted by atomic mass is 16.2. The number of hydrogen-bond donors (Lipinski definition) is 1. The van der Waals surface area contributed by atoms with Crippen LogP contribution in [-0.2, 0) is 4.79 Å². The van der Waals surface area contributed by atoms with E-state index in [1.165, 1.54) is 19.3 Å². The second-order valence-electron chi connectivity index (χ2n) is 8.64. The number of carbonyl (C=O) groups is 1. The highest BCUT2D eigenvalue weighted by Crippen LogP contribution is 2.64. The summed E-state index contributed by atoms with van der Waals surface area (Å²) in [5, 5.41) is 3.46. The SMILES string of the molecule is CC(C)CC1NCC(=O)N1C1C2(C)CCC(C2)C1(C)C. The van der Waals surface area contributed by atoms with E-state index in [0.717, 1.165) is 12.3 Å². The lowest BCUT2D eigenvalue weighted by atomic mass is 9.67. The van der Waals surface area contributed by atoms with Gasteiger partial charge in [-0.05, 0) is 48.3 Å². The Balaban J connectivity index is 1.91. The third-order valence-electron chi connectivity index (χ3n) is 6.28. The zero-order valence-corrected chi connectivity index (χ0v) is 13.7. The predicted molar refractivity (Wildman–Crippen MR) is 81.1 cm³/mol. The summed E-state index contributed by atoms with van der Waals surface area (Å²) in [5.74, 6) is 1.74. The maximum Gasteiger partial charge on any atom is 0.238 e. The summed E-state index contributed by atoms with van der Waals surface area (Å²) < 4.78 is 0. The molecule has 0 aromatic rings. The van der Waals surface area contributed by atoms with E-state index in [0.29, 0.717) is 29.8 Å². The lowest BCUT2D eigenvalue weighted by Gasteiger charge is -2.49.